The van der Waals surface area contributed by atoms with Crippen LogP contribution < -0.4 is 0 Å². The molecule has 5 nitrogen and oxygen atoms in total. The lowest BCUT2D eigenvalue weighted by Gasteiger charge is -2.05. The molecule has 1 N–H and O–H groups in total. The third-order valence-electron chi connectivity index (χ3n) is 3.97. The topological polar surface area (TPSA) is 63.8 Å². The van der Waals surface area contributed by atoms with Crippen LogP contribution in [0.1, 0.15) is 18.2 Å². The number of thioether (sulfide) groups is 1. The zero-order valence-electron chi connectivity index (χ0n) is 14.9. The first-order valence-corrected chi connectivity index (χ1v) is 9.09. The maximum absolute atomic E-state index is 12.4. The van der Waals surface area contributed by atoms with Crippen molar-refractivity contribution >= 4 is 34.5 Å². The molecule has 0 aliphatic carbocycles. The van der Waals surface area contributed by atoms with E-state index in [2.05, 4.69) is 4.99 Å². The minimum Gasteiger partial charge on any atom is -0.506 e. The zero-order valence-corrected chi connectivity index (χ0v) is 15.7. The van der Waals surface area contributed by atoms with Crippen LogP contribution in [0.25, 0.3) is 6.08 Å². The Labute approximate surface area is 156 Å². The molecule has 0 saturated carbocycles. The highest BCUT2D eigenvalue weighted by molar-refractivity contribution is 8.18. The van der Waals surface area contributed by atoms with Crippen molar-refractivity contribution in [2.45, 2.75) is 13.8 Å². The molecule has 134 valence electrons. The summed E-state index contributed by atoms with van der Waals surface area (Å²) < 4.78 is 7.05. The van der Waals surface area contributed by atoms with Gasteiger partial charge in [-0.2, -0.15) is 0 Å². The monoisotopic (exact) mass is 368 g/mol. The average Bonchev–Trinajstić information content (AvgIpc) is 3.14. The van der Waals surface area contributed by atoms with Gasteiger partial charge in [0.2, 0.25) is 0 Å². The van der Waals surface area contributed by atoms with Gasteiger partial charge in [0.05, 0.1) is 17.2 Å². The van der Waals surface area contributed by atoms with Gasteiger partial charge in [0, 0.05) is 18.9 Å². The van der Waals surface area contributed by atoms with Crippen LogP contribution in [0.3, 0.4) is 0 Å². The Morgan fingerprint density at radius 3 is 2.73 bits per heavy atom. The highest BCUT2D eigenvalue weighted by Gasteiger charge is 2.33. The second-order valence-corrected chi connectivity index (χ2v) is 6.83. The highest BCUT2D eigenvalue weighted by atomic mass is 32.2. The molecule has 0 fully saturated rings. The number of aliphatic hydroxyl groups excluding tert-OH is 1. The Hall–Kier alpha value is -2.73. The van der Waals surface area contributed by atoms with E-state index in [1.165, 1.54) is 11.8 Å². The molecule has 1 aromatic carbocycles. The van der Waals surface area contributed by atoms with E-state index in [-0.39, 0.29) is 17.9 Å². The van der Waals surface area contributed by atoms with E-state index in [1.54, 1.807) is 6.92 Å². The molecule has 1 aliphatic heterocycles. The van der Waals surface area contributed by atoms with Gasteiger partial charge in [-0.05, 0) is 43.7 Å². The number of nitrogens with zero attached hydrogens (tertiary/aromatic N) is 2. The number of aryl methyl sites for hydroxylation is 2. The zero-order chi connectivity index (χ0) is 18.7. The number of hydrogen-bond acceptors (Lipinski definition) is 5. The molecular formula is C20H20N2O3S. The molecule has 0 unspecified atom stereocenters. The Morgan fingerprint density at radius 2 is 2.08 bits per heavy atom. The fourth-order valence-corrected chi connectivity index (χ4v) is 3.56. The van der Waals surface area contributed by atoms with Crippen LogP contribution in [0, 0.1) is 6.92 Å². The van der Waals surface area contributed by atoms with E-state index in [1.807, 2.05) is 67.2 Å². The van der Waals surface area contributed by atoms with Gasteiger partial charge in [-0.1, -0.05) is 30.0 Å². The number of aliphatic hydroxyl groups is 1. The van der Waals surface area contributed by atoms with E-state index >= 15 is 0 Å². The van der Waals surface area contributed by atoms with E-state index < -0.39 is 5.97 Å². The lowest BCUT2D eigenvalue weighted by molar-refractivity contribution is -0.138. The summed E-state index contributed by atoms with van der Waals surface area (Å²) in [5.41, 5.74) is 2.77. The predicted molar refractivity (Wildman–Crippen MR) is 106 cm³/mol. The number of aliphatic imine (C=N–C) groups is 1. The molecule has 0 bridgehead atoms. The summed E-state index contributed by atoms with van der Waals surface area (Å²) in [6.45, 7) is 3.92. The van der Waals surface area contributed by atoms with Crippen molar-refractivity contribution in [2.75, 3.05) is 6.61 Å². The van der Waals surface area contributed by atoms with Crippen LogP contribution in [0.2, 0.25) is 0 Å². The fourth-order valence-electron chi connectivity index (χ4n) is 2.55. The van der Waals surface area contributed by atoms with Crippen molar-refractivity contribution in [1.82, 2.24) is 4.57 Å². The SMILES string of the molecule is CCOC(=O)C1=C(O)C(=Cc2cccn2C)SC1=Nc1ccccc1C. The Balaban J connectivity index is 2.07. The lowest BCUT2D eigenvalue weighted by Crippen LogP contribution is -2.12. The second kappa shape index (κ2) is 7.66. The van der Waals surface area contributed by atoms with Crippen LogP contribution in [0.15, 0.2) is 63.8 Å². The van der Waals surface area contributed by atoms with Gasteiger partial charge in [-0.15, -0.1) is 0 Å². The number of ether oxygens (including phenoxy) is 1. The number of hydrogen-bond donors (Lipinski definition) is 1. The van der Waals surface area contributed by atoms with Gasteiger partial charge in [0.1, 0.15) is 16.4 Å². The summed E-state index contributed by atoms with van der Waals surface area (Å²) in [4.78, 5) is 17.6. The highest BCUT2D eigenvalue weighted by Crippen LogP contribution is 2.40. The number of benzene rings is 1. The van der Waals surface area contributed by atoms with Crippen molar-refractivity contribution in [1.29, 1.82) is 0 Å². The van der Waals surface area contributed by atoms with Crippen LogP contribution in [-0.2, 0) is 16.6 Å². The third-order valence-corrected chi connectivity index (χ3v) is 4.99. The first-order chi connectivity index (χ1) is 12.5. The molecule has 0 spiro atoms. The molecular weight excluding hydrogens is 348 g/mol. The summed E-state index contributed by atoms with van der Waals surface area (Å²) in [6, 6.07) is 11.5. The molecule has 2 heterocycles. The van der Waals surface area contributed by atoms with Gasteiger partial charge < -0.3 is 14.4 Å². The maximum Gasteiger partial charge on any atom is 0.344 e. The van der Waals surface area contributed by atoms with Crippen molar-refractivity contribution in [3.8, 4) is 0 Å². The number of aromatic nitrogens is 1. The third kappa shape index (κ3) is 3.60. The average molecular weight is 368 g/mol. The second-order valence-electron chi connectivity index (χ2n) is 5.80. The molecule has 0 radical (unpaired) electrons. The van der Waals surface area contributed by atoms with Crippen LogP contribution in [0.4, 0.5) is 5.69 Å². The van der Waals surface area contributed by atoms with Crippen molar-refractivity contribution in [3.05, 3.63) is 70.1 Å². The standard InChI is InChI=1S/C20H20N2O3S/c1-4-25-20(24)17-18(23)16(12-14-9-7-11-22(14)3)26-19(17)21-15-10-6-5-8-13(15)2/h5-12,23H,4H2,1-3H3. The van der Waals surface area contributed by atoms with E-state index in [0.717, 1.165) is 16.9 Å². The van der Waals surface area contributed by atoms with E-state index in [4.69, 9.17) is 4.74 Å². The van der Waals surface area contributed by atoms with Crippen LogP contribution in [-0.4, -0.2) is 27.3 Å². The molecule has 26 heavy (non-hydrogen) atoms. The normalized spacial score (nSPS) is 17.3. The van der Waals surface area contributed by atoms with Gasteiger partial charge in [0.15, 0.2) is 0 Å². The molecule has 2 aromatic rings. The number of esters is 1. The molecule has 1 aliphatic rings. The quantitative estimate of drug-likeness (QED) is 0.806. The fraction of sp³-hybridized carbons (Fsp3) is 0.200. The van der Waals surface area contributed by atoms with E-state index in [9.17, 15) is 9.90 Å². The Morgan fingerprint density at radius 1 is 1.31 bits per heavy atom. The number of rotatable bonds is 4. The molecule has 1 aromatic heterocycles. The summed E-state index contributed by atoms with van der Waals surface area (Å²) >= 11 is 1.26. The first kappa shape index (κ1) is 18.1. The van der Waals surface area contributed by atoms with E-state index in [0.29, 0.717) is 9.95 Å². The minimum absolute atomic E-state index is 0.0954. The Bertz CT molecular complexity index is 938. The van der Waals surface area contributed by atoms with Crippen molar-refractivity contribution in [2.24, 2.45) is 12.0 Å². The molecule has 3 rings (SSSR count). The number of para-hydroxylation sites is 1. The maximum atomic E-state index is 12.4. The predicted octanol–water partition coefficient (Wildman–Crippen LogP) is 4.53. The summed E-state index contributed by atoms with van der Waals surface area (Å²) in [7, 11) is 1.92. The summed E-state index contributed by atoms with van der Waals surface area (Å²) in [6.07, 6.45) is 3.75. The first-order valence-electron chi connectivity index (χ1n) is 8.27. The largest absolute Gasteiger partial charge is 0.506 e. The molecule has 0 saturated heterocycles. The van der Waals surface area contributed by atoms with Gasteiger partial charge >= 0.3 is 5.97 Å². The minimum atomic E-state index is -0.569. The molecule has 0 amide bonds. The smallest absolute Gasteiger partial charge is 0.344 e. The lowest BCUT2D eigenvalue weighted by atomic mass is 10.2. The van der Waals surface area contributed by atoms with Gasteiger partial charge in [-0.3, -0.25) is 0 Å². The number of carbonyl (C=O) groups excluding carboxylic acids is 1. The van der Waals surface area contributed by atoms with Crippen LogP contribution >= 0.6 is 11.8 Å². The van der Waals surface area contributed by atoms with Gasteiger partial charge in [0.25, 0.3) is 0 Å². The van der Waals surface area contributed by atoms with Crippen molar-refractivity contribution < 1.29 is 14.6 Å². The summed E-state index contributed by atoms with van der Waals surface area (Å²) in [5, 5.41) is 11.1. The van der Waals surface area contributed by atoms with Gasteiger partial charge in [-0.25, -0.2) is 9.79 Å². The van der Waals surface area contributed by atoms with Crippen molar-refractivity contribution in [3.63, 3.8) is 0 Å². The molecule has 0 atom stereocenters. The van der Waals surface area contributed by atoms with Crippen LogP contribution in [0.5, 0.6) is 0 Å². The molecule has 6 heteroatoms. The number of carbonyl (C=O) groups is 1. The summed E-state index contributed by atoms with van der Waals surface area (Å²) in [5.74, 6) is -0.665. The Kier molecular flexibility index (Phi) is 5.32.